The molecule has 1 aromatic heterocycles. The Bertz CT molecular complexity index is 1080. The molecule has 150 valence electrons. The fourth-order valence-corrected chi connectivity index (χ4v) is 4.67. The predicted octanol–water partition coefficient (Wildman–Crippen LogP) is 3.96. The molecular weight excluding hydrogens is 362 g/mol. The molecule has 29 heavy (non-hydrogen) atoms. The second-order valence-electron chi connectivity index (χ2n) is 7.65. The van der Waals surface area contributed by atoms with E-state index in [1.165, 1.54) is 0 Å². The molecule has 0 bridgehead atoms. The molecular formula is C24H27N3O2. The number of benzene rings is 2. The molecule has 2 amide bonds. The summed E-state index contributed by atoms with van der Waals surface area (Å²) < 4.78 is 2.07. The Morgan fingerprint density at radius 2 is 1.62 bits per heavy atom. The normalized spacial score (nSPS) is 18.8. The lowest BCUT2D eigenvalue weighted by molar-refractivity contribution is -0.134. The number of likely N-dealkylation sites (N-methyl/N-ethyl adjacent to an activating group) is 2. The number of carbonyl (C=O) groups is 2. The standard InChI is InChI=1S/C24H27N3O2/c1-5-27(6-2)24(29)21-17-12-7-8-13-18(17)23(28)26(4)22(21)19-15-25(3)20-14-10-9-11-16(19)20/h7-15,21-22H,5-6H2,1-4H3. The van der Waals surface area contributed by atoms with Gasteiger partial charge in [0.2, 0.25) is 5.91 Å². The van der Waals surface area contributed by atoms with Crippen molar-refractivity contribution in [2.24, 2.45) is 7.05 Å². The third-order valence-corrected chi connectivity index (χ3v) is 6.17. The third-order valence-electron chi connectivity index (χ3n) is 6.17. The summed E-state index contributed by atoms with van der Waals surface area (Å²) in [6.07, 6.45) is 2.07. The fourth-order valence-electron chi connectivity index (χ4n) is 4.67. The lowest BCUT2D eigenvalue weighted by Crippen LogP contribution is -2.46. The van der Waals surface area contributed by atoms with Crippen LogP contribution < -0.4 is 0 Å². The lowest BCUT2D eigenvalue weighted by atomic mass is 9.79. The first-order valence-corrected chi connectivity index (χ1v) is 10.2. The van der Waals surface area contributed by atoms with Crippen molar-refractivity contribution in [3.05, 3.63) is 71.4 Å². The number of para-hydroxylation sites is 1. The van der Waals surface area contributed by atoms with Crippen LogP contribution in [-0.4, -0.2) is 46.3 Å². The Morgan fingerprint density at radius 1 is 0.966 bits per heavy atom. The molecule has 0 N–H and O–H groups in total. The van der Waals surface area contributed by atoms with E-state index in [4.69, 9.17) is 0 Å². The molecule has 0 saturated carbocycles. The molecule has 5 nitrogen and oxygen atoms in total. The zero-order valence-electron chi connectivity index (χ0n) is 17.4. The zero-order valence-corrected chi connectivity index (χ0v) is 17.4. The number of hydrogen-bond acceptors (Lipinski definition) is 2. The number of aryl methyl sites for hydroxylation is 1. The Morgan fingerprint density at radius 3 is 2.34 bits per heavy atom. The molecule has 0 fully saturated rings. The van der Waals surface area contributed by atoms with Gasteiger partial charge in [0.15, 0.2) is 0 Å². The third kappa shape index (κ3) is 2.92. The SMILES string of the molecule is CCN(CC)C(=O)C1c2ccccc2C(=O)N(C)C1c1cn(C)c2ccccc12. The van der Waals surface area contributed by atoms with Crippen LogP contribution in [0.4, 0.5) is 0 Å². The Hall–Kier alpha value is -3.08. The maximum absolute atomic E-state index is 13.7. The summed E-state index contributed by atoms with van der Waals surface area (Å²) in [7, 11) is 3.82. The van der Waals surface area contributed by atoms with Gasteiger partial charge in [0.1, 0.15) is 0 Å². The van der Waals surface area contributed by atoms with Crippen LogP contribution in [0, 0.1) is 0 Å². The van der Waals surface area contributed by atoms with Gasteiger partial charge >= 0.3 is 0 Å². The van der Waals surface area contributed by atoms with Crippen molar-refractivity contribution in [2.45, 2.75) is 25.8 Å². The van der Waals surface area contributed by atoms with E-state index in [0.717, 1.165) is 22.0 Å². The van der Waals surface area contributed by atoms with Gasteiger partial charge in [-0.15, -0.1) is 0 Å². The van der Waals surface area contributed by atoms with Crippen LogP contribution in [0.15, 0.2) is 54.7 Å². The van der Waals surface area contributed by atoms with E-state index < -0.39 is 5.92 Å². The molecule has 3 aromatic rings. The Labute approximate surface area is 171 Å². The van der Waals surface area contributed by atoms with Crippen LogP contribution >= 0.6 is 0 Å². The van der Waals surface area contributed by atoms with Crippen LogP contribution in [0.5, 0.6) is 0 Å². The van der Waals surface area contributed by atoms with Crippen molar-refractivity contribution >= 4 is 22.7 Å². The first-order chi connectivity index (χ1) is 14.0. The summed E-state index contributed by atoms with van der Waals surface area (Å²) in [5, 5.41) is 1.08. The van der Waals surface area contributed by atoms with Gasteiger partial charge in [0.05, 0.1) is 12.0 Å². The molecule has 1 aliphatic rings. The second-order valence-corrected chi connectivity index (χ2v) is 7.65. The number of fused-ring (bicyclic) bond motifs is 2. The van der Waals surface area contributed by atoms with E-state index in [-0.39, 0.29) is 17.9 Å². The minimum atomic E-state index is -0.431. The summed E-state index contributed by atoms with van der Waals surface area (Å²) in [6, 6.07) is 15.3. The number of hydrogen-bond donors (Lipinski definition) is 0. The van der Waals surface area contributed by atoms with Crippen LogP contribution in [0.1, 0.15) is 47.3 Å². The van der Waals surface area contributed by atoms with Crippen LogP contribution in [0.2, 0.25) is 0 Å². The average Bonchev–Trinajstić information content (AvgIpc) is 3.07. The molecule has 2 unspecified atom stereocenters. The summed E-state index contributed by atoms with van der Waals surface area (Å²) in [5.74, 6) is -0.401. The van der Waals surface area contributed by atoms with Crippen LogP contribution in [-0.2, 0) is 11.8 Å². The van der Waals surface area contributed by atoms with Gasteiger partial charge in [-0.1, -0.05) is 36.4 Å². The number of carbonyl (C=O) groups excluding carboxylic acids is 2. The van der Waals surface area contributed by atoms with Gasteiger partial charge in [0, 0.05) is 55.4 Å². The van der Waals surface area contributed by atoms with Crippen molar-refractivity contribution < 1.29 is 9.59 Å². The highest BCUT2D eigenvalue weighted by Crippen LogP contribution is 2.45. The average molecular weight is 389 g/mol. The van der Waals surface area contributed by atoms with Gasteiger partial charge in [-0.05, 0) is 31.5 Å². The van der Waals surface area contributed by atoms with E-state index in [9.17, 15) is 9.59 Å². The minimum Gasteiger partial charge on any atom is -0.350 e. The van der Waals surface area contributed by atoms with E-state index in [2.05, 4.69) is 22.9 Å². The van der Waals surface area contributed by atoms with E-state index in [1.807, 2.05) is 69.2 Å². The maximum Gasteiger partial charge on any atom is 0.254 e. The molecule has 5 heteroatoms. The van der Waals surface area contributed by atoms with Crippen molar-refractivity contribution in [3.63, 3.8) is 0 Å². The molecule has 1 aliphatic heterocycles. The Kier molecular flexibility index (Phi) is 4.91. The summed E-state index contributed by atoms with van der Waals surface area (Å²) >= 11 is 0. The Balaban J connectivity index is 1.97. The summed E-state index contributed by atoms with van der Waals surface area (Å²) in [4.78, 5) is 30.5. The molecule has 4 rings (SSSR count). The highest BCUT2D eigenvalue weighted by atomic mass is 16.2. The zero-order chi connectivity index (χ0) is 20.7. The largest absolute Gasteiger partial charge is 0.350 e. The highest BCUT2D eigenvalue weighted by Gasteiger charge is 2.44. The first-order valence-electron chi connectivity index (χ1n) is 10.2. The first kappa shape index (κ1) is 19.2. The second kappa shape index (κ2) is 7.39. The number of rotatable bonds is 4. The van der Waals surface area contributed by atoms with Crippen molar-refractivity contribution in [3.8, 4) is 0 Å². The monoisotopic (exact) mass is 389 g/mol. The molecule has 0 radical (unpaired) electrons. The minimum absolute atomic E-state index is 0.0397. The fraction of sp³-hybridized carbons (Fsp3) is 0.333. The lowest BCUT2D eigenvalue weighted by Gasteiger charge is -2.41. The van der Waals surface area contributed by atoms with Crippen molar-refractivity contribution in [1.29, 1.82) is 0 Å². The molecule has 2 aromatic carbocycles. The van der Waals surface area contributed by atoms with E-state index >= 15 is 0 Å². The smallest absolute Gasteiger partial charge is 0.254 e. The van der Waals surface area contributed by atoms with Gasteiger partial charge < -0.3 is 14.4 Å². The molecule has 2 heterocycles. The maximum atomic E-state index is 13.7. The van der Waals surface area contributed by atoms with Gasteiger partial charge in [0.25, 0.3) is 5.91 Å². The van der Waals surface area contributed by atoms with Gasteiger partial charge in [-0.25, -0.2) is 0 Å². The number of aromatic nitrogens is 1. The van der Waals surface area contributed by atoms with Crippen LogP contribution in [0.25, 0.3) is 10.9 Å². The molecule has 2 atom stereocenters. The highest BCUT2D eigenvalue weighted by molar-refractivity contribution is 6.02. The summed E-state index contributed by atoms with van der Waals surface area (Å²) in [6.45, 7) is 5.29. The molecule has 0 aliphatic carbocycles. The van der Waals surface area contributed by atoms with E-state index in [0.29, 0.717) is 18.7 Å². The van der Waals surface area contributed by atoms with Crippen molar-refractivity contribution in [1.82, 2.24) is 14.4 Å². The number of amides is 2. The topological polar surface area (TPSA) is 45.6 Å². The summed E-state index contributed by atoms with van der Waals surface area (Å²) in [5.41, 5.74) is 3.55. The predicted molar refractivity (Wildman–Crippen MR) is 115 cm³/mol. The quantitative estimate of drug-likeness (QED) is 0.678. The van der Waals surface area contributed by atoms with Gasteiger partial charge in [-0.2, -0.15) is 0 Å². The van der Waals surface area contributed by atoms with Crippen molar-refractivity contribution in [2.75, 3.05) is 20.1 Å². The van der Waals surface area contributed by atoms with E-state index in [1.54, 1.807) is 4.90 Å². The van der Waals surface area contributed by atoms with Crippen LogP contribution in [0.3, 0.4) is 0 Å². The molecule has 0 spiro atoms. The number of nitrogens with zero attached hydrogens (tertiary/aromatic N) is 3. The molecule has 0 saturated heterocycles. The van der Waals surface area contributed by atoms with Gasteiger partial charge in [-0.3, -0.25) is 9.59 Å².